The quantitative estimate of drug-likeness (QED) is 0.843. The van der Waals surface area contributed by atoms with Crippen molar-refractivity contribution in [2.45, 2.75) is 25.3 Å². The third-order valence-corrected chi connectivity index (χ3v) is 3.82. The van der Waals surface area contributed by atoms with Gasteiger partial charge in [-0.2, -0.15) is 0 Å². The van der Waals surface area contributed by atoms with Crippen LogP contribution in [0.3, 0.4) is 0 Å². The Morgan fingerprint density at radius 2 is 2.05 bits per heavy atom. The molecular weight excluding hydrogens is 256 g/mol. The number of anilines is 1. The van der Waals surface area contributed by atoms with E-state index < -0.39 is 5.92 Å². The summed E-state index contributed by atoms with van der Waals surface area (Å²) in [4.78, 5) is 26.1. The first-order chi connectivity index (χ1) is 9.70. The topological polar surface area (TPSA) is 58.6 Å². The zero-order chi connectivity index (χ0) is 14.1. The molecule has 1 unspecified atom stereocenters. The molecule has 1 N–H and O–H groups in total. The molecule has 5 heteroatoms. The summed E-state index contributed by atoms with van der Waals surface area (Å²) in [5, 5.41) is 2.91. The molecule has 106 valence electrons. The molecule has 1 saturated heterocycles. The Labute approximate surface area is 117 Å². The Bertz CT molecular complexity index is 540. The fraction of sp³-hybridized carbons (Fsp3) is 0.467. The van der Waals surface area contributed by atoms with Crippen molar-refractivity contribution in [3.05, 3.63) is 24.3 Å². The minimum absolute atomic E-state index is 0.130. The van der Waals surface area contributed by atoms with E-state index in [9.17, 15) is 9.59 Å². The van der Waals surface area contributed by atoms with Crippen molar-refractivity contribution in [2.75, 3.05) is 18.6 Å². The molecule has 1 aromatic rings. The third kappa shape index (κ3) is 2.35. The molecular formula is C15H18N2O3. The monoisotopic (exact) mass is 274 g/mol. The lowest BCUT2D eigenvalue weighted by Gasteiger charge is -2.19. The van der Waals surface area contributed by atoms with Gasteiger partial charge in [-0.1, -0.05) is 12.1 Å². The van der Waals surface area contributed by atoms with Crippen LogP contribution < -0.4 is 15.0 Å². The maximum atomic E-state index is 12.4. The lowest BCUT2D eigenvalue weighted by molar-refractivity contribution is -0.132. The Morgan fingerprint density at radius 3 is 2.75 bits per heavy atom. The van der Waals surface area contributed by atoms with E-state index in [0.29, 0.717) is 18.7 Å². The third-order valence-electron chi connectivity index (χ3n) is 3.82. The van der Waals surface area contributed by atoms with E-state index in [2.05, 4.69) is 5.32 Å². The molecule has 0 bridgehead atoms. The molecule has 1 atom stereocenters. The van der Waals surface area contributed by atoms with E-state index in [-0.39, 0.29) is 17.9 Å². The second-order valence-electron chi connectivity index (χ2n) is 5.29. The zero-order valence-corrected chi connectivity index (χ0v) is 11.5. The number of hydrogen-bond donors (Lipinski definition) is 1. The van der Waals surface area contributed by atoms with Gasteiger partial charge in [0.25, 0.3) is 0 Å². The van der Waals surface area contributed by atoms with Gasteiger partial charge in [-0.3, -0.25) is 9.59 Å². The fourth-order valence-electron chi connectivity index (χ4n) is 2.54. The number of nitrogens with zero attached hydrogens (tertiary/aromatic N) is 1. The second-order valence-corrected chi connectivity index (χ2v) is 5.29. The van der Waals surface area contributed by atoms with Gasteiger partial charge in [0.05, 0.1) is 12.8 Å². The van der Waals surface area contributed by atoms with Crippen LogP contribution in [0, 0.1) is 5.92 Å². The summed E-state index contributed by atoms with van der Waals surface area (Å²) in [6, 6.07) is 7.68. The van der Waals surface area contributed by atoms with Crippen molar-refractivity contribution in [3.63, 3.8) is 0 Å². The van der Waals surface area contributed by atoms with Crippen LogP contribution in [-0.4, -0.2) is 31.5 Å². The molecule has 2 aliphatic rings. The molecule has 5 nitrogen and oxygen atoms in total. The van der Waals surface area contributed by atoms with Crippen LogP contribution in [0.5, 0.6) is 5.75 Å². The molecule has 1 aliphatic heterocycles. The average molecular weight is 274 g/mol. The van der Waals surface area contributed by atoms with E-state index in [1.54, 1.807) is 12.0 Å². The van der Waals surface area contributed by atoms with Crippen LogP contribution in [0.25, 0.3) is 0 Å². The fourth-order valence-corrected chi connectivity index (χ4v) is 2.54. The van der Waals surface area contributed by atoms with Gasteiger partial charge in [-0.05, 0) is 31.4 Å². The molecule has 1 aliphatic carbocycles. The van der Waals surface area contributed by atoms with Crippen LogP contribution in [-0.2, 0) is 9.59 Å². The Balaban J connectivity index is 1.76. The molecule has 20 heavy (non-hydrogen) atoms. The number of para-hydroxylation sites is 2. The van der Waals surface area contributed by atoms with Crippen molar-refractivity contribution >= 4 is 17.5 Å². The number of ether oxygens (including phenoxy) is 1. The SMILES string of the molecule is COc1ccccc1N1CCC(C(=O)NC2CC2)C1=O. The first kappa shape index (κ1) is 13.0. The molecule has 1 saturated carbocycles. The Morgan fingerprint density at radius 1 is 1.30 bits per heavy atom. The highest BCUT2D eigenvalue weighted by molar-refractivity contribution is 6.10. The lowest BCUT2D eigenvalue weighted by atomic mass is 10.1. The van der Waals surface area contributed by atoms with Gasteiger partial charge in [0.2, 0.25) is 11.8 Å². The van der Waals surface area contributed by atoms with Crippen LogP contribution in [0.15, 0.2) is 24.3 Å². The lowest BCUT2D eigenvalue weighted by Crippen LogP contribution is -2.37. The van der Waals surface area contributed by atoms with Gasteiger partial charge < -0.3 is 15.0 Å². The normalized spacial score (nSPS) is 21.9. The summed E-state index contributed by atoms with van der Waals surface area (Å²) in [6.45, 7) is 0.558. The minimum atomic E-state index is -0.555. The molecule has 2 amide bonds. The van der Waals surface area contributed by atoms with Crippen molar-refractivity contribution in [1.29, 1.82) is 0 Å². The first-order valence-electron chi connectivity index (χ1n) is 6.95. The average Bonchev–Trinajstić information content (AvgIpc) is 3.19. The summed E-state index contributed by atoms with van der Waals surface area (Å²) in [6.07, 6.45) is 2.63. The smallest absolute Gasteiger partial charge is 0.239 e. The van der Waals surface area contributed by atoms with Crippen LogP contribution in [0.2, 0.25) is 0 Å². The second kappa shape index (κ2) is 5.15. The predicted molar refractivity (Wildman–Crippen MR) is 74.6 cm³/mol. The molecule has 3 rings (SSSR count). The van der Waals surface area contributed by atoms with Gasteiger partial charge in [-0.25, -0.2) is 0 Å². The van der Waals surface area contributed by atoms with E-state index in [0.717, 1.165) is 18.5 Å². The Kier molecular flexibility index (Phi) is 3.34. The van der Waals surface area contributed by atoms with Gasteiger partial charge in [0.1, 0.15) is 11.7 Å². The van der Waals surface area contributed by atoms with Gasteiger partial charge in [0, 0.05) is 12.6 Å². The first-order valence-corrected chi connectivity index (χ1v) is 6.95. The van der Waals surface area contributed by atoms with E-state index >= 15 is 0 Å². The molecule has 1 aromatic carbocycles. The summed E-state index contributed by atoms with van der Waals surface area (Å²) in [7, 11) is 1.58. The maximum Gasteiger partial charge on any atom is 0.239 e. The number of methoxy groups -OCH3 is 1. The number of nitrogens with one attached hydrogen (secondary N) is 1. The number of hydrogen-bond acceptors (Lipinski definition) is 3. The molecule has 0 radical (unpaired) electrons. The van der Waals surface area contributed by atoms with Crippen LogP contribution in [0.1, 0.15) is 19.3 Å². The molecule has 0 spiro atoms. The van der Waals surface area contributed by atoms with Crippen molar-refractivity contribution in [2.24, 2.45) is 5.92 Å². The number of carbonyl (C=O) groups is 2. The summed E-state index contributed by atoms with van der Waals surface area (Å²) in [5.41, 5.74) is 0.738. The predicted octanol–water partition coefficient (Wildman–Crippen LogP) is 1.33. The Hall–Kier alpha value is -2.04. The van der Waals surface area contributed by atoms with Crippen LogP contribution in [0.4, 0.5) is 5.69 Å². The number of benzene rings is 1. The highest BCUT2D eigenvalue weighted by atomic mass is 16.5. The number of carbonyl (C=O) groups excluding carboxylic acids is 2. The standard InChI is InChI=1S/C15H18N2O3/c1-20-13-5-3-2-4-12(13)17-9-8-11(15(17)19)14(18)16-10-6-7-10/h2-5,10-11H,6-9H2,1H3,(H,16,18). The highest BCUT2D eigenvalue weighted by Gasteiger charge is 2.40. The highest BCUT2D eigenvalue weighted by Crippen LogP contribution is 2.33. The van der Waals surface area contributed by atoms with Crippen molar-refractivity contribution in [1.82, 2.24) is 5.32 Å². The molecule has 1 heterocycles. The summed E-state index contributed by atoms with van der Waals surface area (Å²) in [5.74, 6) is -0.160. The maximum absolute atomic E-state index is 12.4. The van der Waals surface area contributed by atoms with Gasteiger partial charge in [-0.15, -0.1) is 0 Å². The zero-order valence-electron chi connectivity index (χ0n) is 11.5. The van der Waals surface area contributed by atoms with Crippen molar-refractivity contribution < 1.29 is 14.3 Å². The van der Waals surface area contributed by atoms with E-state index in [1.165, 1.54) is 0 Å². The van der Waals surface area contributed by atoms with Gasteiger partial charge in [0.15, 0.2) is 0 Å². The minimum Gasteiger partial charge on any atom is -0.495 e. The molecule has 2 fully saturated rings. The number of amides is 2. The summed E-state index contributed by atoms with van der Waals surface area (Å²) < 4.78 is 5.28. The van der Waals surface area contributed by atoms with E-state index in [1.807, 2.05) is 24.3 Å². The summed E-state index contributed by atoms with van der Waals surface area (Å²) >= 11 is 0. The largest absolute Gasteiger partial charge is 0.495 e. The van der Waals surface area contributed by atoms with Crippen LogP contribution >= 0.6 is 0 Å². The van der Waals surface area contributed by atoms with Crippen molar-refractivity contribution in [3.8, 4) is 5.75 Å². The van der Waals surface area contributed by atoms with Gasteiger partial charge >= 0.3 is 0 Å². The number of rotatable bonds is 4. The molecule has 0 aromatic heterocycles. The van der Waals surface area contributed by atoms with E-state index in [4.69, 9.17) is 4.74 Å².